The highest BCUT2D eigenvalue weighted by molar-refractivity contribution is 5.82. The zero-order chi connectivity index (χ0) is 12.7. The van der Waals surface area contributed by atoms with E-state index in [1.54, 1.807) is 0 Å². The van der Waals surface area contributed by atoms with E-state index in [1.807, 2.05) is 22.8 Å². The minimum absolute atomic E-state index is 0.0261. The number of aromatic nitrogens is 2. The van der Waals surface area contributed by atoms with Gasteiger partial charge in [0.15, 0.2) is 0 Å². The quantitative estimate of drug-likeness (QED) is 0.778. The van der Waals surface area contributed by atoms with Crippen molar-refractivity contribution >= 4 is 5.91 Å². The second kappa shape index (κ2) is 4.39. The normalized spacial score (nSPS) is 27.3. The maximum Gasteiger partial charge on any atom is 0.240 e. The van der Waals surface area contributed by atoms with Crippen LogP contribution in [0, 0.1) is 5.92 Å². The molecule has 5 nitrogen and oxygen atoms in total. The van der Waals surface area contributed by atoms with Gasteiger partial charge in [0.25, 0.3) is 0 Å². The third-order valence-electron chi connectivity index (χ3n) is 3.93. The third-order valence-corrected chi connectivity index (χ3v) is 3.93. The van der Waals surface area contributed by atoms with Crippen LogP contribution in [0.1, 0.15) is 24.6 Å². The number of fused-ring (bicyclic) bond motifs is 1. The molecule has 98 valence electrons. The van der Waals surface area contributed by atoms with Crippen molar-refractivity contribution in [3.63, 3.8) is 0 Å². The molecule has 1 aromatic heterocycles. The summed E-state index contributed by atoms with van der Waals surface area (Å²) in [7, 11) is 1.94. The van der Waals surface area contributed by atoms with Crippen molar-refractivity contribution in [2.75, 3.05) is 13.1 Å². The molecule has 3 heterocycles. The van der Waals surface area contributed by atoms with Gasteiger partial charge in [0.1, 0.15) is 0 Å². The molecule has 1 amide bonds. The van der Waals surface area contributed by atoms with E-state index in [2.05, 4.69) is 17.3 Å². The molecule has 0 spiro atoms. The Morgan fingerprint density at radius 3 is 3.11 bits per heavy atom. The number of carbonyl (C=O) groups excluding carboxylic acids is 1. The Labute approximate surface area is 107 Å². The molecular weight excluding hydrogens is 228 g/mol. The Balaban J connectivity index is 1.70. The van der Waals surface area contributed by atoms with Crippen LogP contribution in [-0.2, 0) is 24.8 Å². The van der Waals surface area contributed by atoms with Crippen molar-refractivity contribution in [3.05, 3.63) is 17.5 Å². The predicted molar refractivity (Wildman–Crippen MR) is 67.9 cm³/mol. The smallest absolute Gasteiger partial charge is 0.240 e. The zero-order valence-electron chi connectivity index (χ0n) is 11.0. The Kier molecular flexibility index (Phi) is 2.86. The Hall–Kier alpha value is -1.36. The average molecular weight is 248 g/mol. The number of nitrogens with zero attached hydrogens (tertiary/aromatic N) is 3. The maximum absolute atomic E-state index is 12.4. The van der Waals surface area contributed by atoms with E-state index in [0.29, 0.717) is 12.5 Å². The topological polar surface area (TPSA) is 50.2 Å². The van der Waals surface area contributed by atoms with Crippen LogP contribution in [0.2, 0.25) is 0 Å². The van der Waals surface area contributed by atoms with E-state index in [1.165, 1.54) is 5.56 Å². The molecular formula is C13H20N4O. The number of aryl methyl sites for hydroxylation is 1. The monoisotopic (exact) mass is 248 g/mol. The van der Waals surface area contributed by atoms with Crippen molar-refractivity contribution in [1.29, 1.82) is 0 Å². The summed E-state index contributed by atoms with van der Waals surface area (Å²) in [5.41, 5.74) is 2.34. The molecule has 1 aromatic rings. The summed E-state index contributed by atoms with van der Waals surface area (Å²) in [6.45, 7) is 4.67. The minimum Gasteiger partial charge on any atom is -0.336 e. The van der Waals surface area contributed by atoms with Crippen molar-refractivity contribution < 1.29 is 4.79 Å². The molecule has 0 aromatic carbocycles. The molecule has 0 saturated carbocycles. The highest BCUT2D eigenvalue weighted by atomic mass is 16.2. The van der Waals surface area contributed by atoms with Crippen LogP contribution in [0.3, 0.4) is 0 Å². The fourth-order valence-electron chi connectivity index (χ4n) is 2.96. The molecule has 2 aliphatic rings. The molecule has 18 heavy (non-hydrogen) atoms. The molecule has 1 saturated heterocycles. The first-order chi connectivity index (χ1) is 8.63. The van der Waals surface area contributed by atoms with Crippen LogP contribution < -0.4 is 5.32 Å². The number of rotatable bonds is 1. The first-order valence-corrected chi connectivity index (χ1v) is 6.67. The first kappa shape index (κ1) is 11.7. The summed E-state index contributed by atoms with van der Waals surface area (Å²) in [5, 5.41) is 7.74. The van der Waals surface area contributed by atoms with Gasteiger partial charge in [-0.3, -0.25) is 9.48 Å². The maximum atomic E-state index is 12.4. The fourth-order valence-corrected chi connectivity index (χ4v) is 2.96. The van der Waals surface area contributed by atoms with Crippen molar-refractivity contribution in [2.24, 2.45) is 13.0 Å². The summed E-state index contributed by atoms with van der Waals surface area (Å²) in [5.74, 6) is 0.867. The van der Waals surface area contributed by atoms with Crippen LogP contribution in [0.15, 0.2) is 6.20 Å². The minimum atomic E-state index is 0.0261. The van der Waals surface area contributed by atoms with E-state index in [-0.39, 0.29) is 11.9 Å². The highest BCUT2D eigenvalue weighted by Gasteiger charge is 2.32. The van der Waals surface area contributed by atoms with E-state index in [4.69, 9.17) is 0 Å². The van der Waals surface area contributed by atoms with E-state index in [0.717, 1.165) is 31.6 Å². The van der Waals surface area contributed by atoms with Gasteiger partial charge in [-0.05, 0) is 18.9 Å². The average Bonchev–Trinajstić information content (AvgIpc) is 2.92. The standard InChI is InChI=1S/C13H20N4O/c1-9-5-12(14-6-9)13(18)17-4-3-11-10(8-17)7-16(2)15-11/h7,9,12,14H,3-6,8H2,1-2H3/t9?,12-/m0/s1. The molecule has 0 bridgehead atoms. The second-order valence-corrected chi connectivity index (χ2v) is 5.59. The van der Waals surface area contributed by atoms with Gasteiger partial charge in [0, 0.05) is 38.3 Å². The van der Waals surface area contributed by atoms with Gasteiger partial charge >= 0.3 is 0 Å². The lowest BCUT2D eigenvalue weighted by Crippen LogP contribution is -2.45. The number of hydrogen-bond donors (Lipinski definition) is 1. The Bertz CT molecular complexity index is 468. The molecule has 0 aliphatic carbocycles. The summed E-state index contributed by atoms with van der Waals surface area (Å²) < 4.78 is 1.84. The van der Waals surface area contributed by atoms with Gasteiger partial charge in [-0.1, -0.05) is 6.92 Å². The third kappa shape index (κ3) is 2.03. The van der Waals surface area contributed by atoms with Crippen LogP contribution in [-0.4, -0.2) is 39.7 Å². The van der Waals surface area contributed by atoms with Crippen LogP contribution >= 0.6 is 0 Å². The SMILES string of the molecule is CC1CN[C@H](C(=O)N2CCc3nn(C)cc3C2)C1. The van der Waals surface area contributed by atoms with Gasteiger partial charge in [0.2, 0.25) is 5.91 Å². The van der Waals surface area contributed by atoms with Crippen molar-refractivity contribution in [3.8, 4) is 0 Å². The molecule has 1 fully saturated rings. The van der Waals surface area contributed by atoms with Gasteiger partial charge in [0.05, 0.1) is 11.7 Å². The van der Waals surface area contributed by atoms with Gasteiger partial charge in [-0.15, -0.1) is 0 Å². The second-order valence-electron chi connectivity index (χ2n) is 5.59. The van der Waals surface area contributed by atoms with Gasteiger partial charge < -0.3 is 10.2 Å². The van der Waals surface area contributed by atoms with E-state index >= 15 is 0 Å². The van der Waals surface area contributed by atoms with Crippen LogP contribution in [0.4, 0.5) is 0 Å². The Morgan fingerprint density at radius 2 is 2.39 bits per heavy atom. The highest BCUT2D eigenvalue weighted by Crippen LogP contribution is 2.21. The molecule has 2 aliphatic heterocycles. The van der Waals surface area contributed by atoms with Crippen molar-refractivity contribution in [2.45, 2.75) is 32.4 Å². The van der Waals surface area contributed by atoms with E-state index < -0.39 is 0 Å². The summed E-state index contributed by atoms with van der Waals surface area (Å²) >= 11 is 0. The molecule has 3 rings (SSSR count). The lowest BCUT2D eigenvalue weighted by molar-refractivity contribution is -0.134. The fraction of sp³-hybridized carbons (Fsp3) is 0.692. The summed E-state index contributed by atoms with van der Waals surface area (Å²) in [6.07, 6.45) is 3.87. The number of amides is 1. The van der Waals surface area contributed by atoms with Gasteiger partial charge in [-0.25, -0.2) is 0 Å². The summed E-state index contributed by atoms with van der Waals surface area (Å²) in [4.78, 5) is 14.4. The molecule has 5 heteroatoms. The molecule has 0 radical (unpaired) electrons. The Morgan fingerprint density at radius 1 is 1.56 bits per heavy atom. The number of hydrogen-bond acceptors (Lipinski definition) is 3. The number of nitrogens with one attached hydrogen (secondary N) is 1. The molecule has 2 atom stereocenters. The van der Waals surface area contributed by atoms with Crippen molar-refractivity contribution in [1.82, 2.24) is 20.0 Å². The van der Waals surface area contributed by atoms with E-state index in [9.17, 15) is 4.79 Å². The summed E-state index contributed by atoms with van der Waals surface area (Å²) in [6, 6.07) is 0.0261. The lowest BCUT2D eigenvalue weighted by Gasteiger charge is -2.28. The van der Waals surface area contributed by atoms with Crippen LogP contribution in [0.25, 0.3) is 0 Å². The predicted octanol–water partition coefficient (Wildman–Crippen LogP) is 0.303. The van der Waals surface area contributed by atoms with Gasteiger partial charge in [-0.2, -0.15) is 5.10 Å². The molecule has 1 unspecified atom stereocenters. The molecule has 1 N–H and O–H groups in total. The first-order valence-electron chi connectivity index (χ1n) is 6.67. The largest absolute Gasteiger partial charge is 0.336 e. The van der Waals surface area contributed by atoms with Crippen LogP contribution in [0.5, 0.6) is 0 Å². The number of carbonyl (C=O) groups is 1. The lowest BCUT2D eigenvalue weighted by atomic mass is 10.0. The zero-order valence-corrected chi connectivity index (χ0v) is 11.0.